The zero-order chi connectivity index (χ0) is 35.4. The maximum Gasteiger partial charge on any atom is 0.324 e. The van der Waals surface area contributed by atoms with Gasteiger partial charge in [-0.15, -0.1) is 0 Å². The van der Waals surface area contributed by atoms with E-state index in [0.29, 0.717) is 13.1 Å². The molecule has 13 heteroatoms. The maximum atomic E-state index is 13.3. The smallest absolute Gasteiger partial charge is 0.324 e. The van der Waals surface area contributed by atoms with Crippen molar-refractivity contribution in [1.29, 1.82) is 0 Å². The normalized spacial score (nSPS) is 13.5. The summed E-state index contributed by atoms with van der Waals surface area (Å²) in [4.78, 5) is 68.3. The predicted octanol–water partition coefficient (Wildman–Crippen LogP) is 3.12. The molecule has 0 rings (SSSR count). The number of carboxylic acids is 1. The Hall–Kier alpha value is -2.77. The topological polar surface area (TPSA) is 152 Å². The Kier molecular flexibility index (Phi) is 16.7. The van der Waals surface area contributed by atoms with E-state index in [1.165, 1.54) is 0 Å². The van der Waals surface area contributed by atoms with Gasteiger partial charge in [-0.3, -0.25) is 38.7 Å². The van der Waals surface area contributed by atoms with E-state index in [-0.39, 0.29) is 39.3 Å². The lowest BCUT2D eigenvalue weighted by molar-refractivity contribution is -0.166. The van der Waals surface area contributed by atoms with Crippen LogP contribution in [0.1, 0.15) is 96.4 Å². The number of nitrogens with zero attached hydrogens (tertiary/aromatic N) is 3. The van der Waals surface area contributed by atoms with Crippen LogP contribution in [0.3, 0.4) is 0 Å². The van der Waals surface area contributed by atoms with Gasteiger partial charge in [0, 0.05) is 26.2 Å². The van der Waals surface area contributed by atoms with E-state index in [1.54, 1.807) is 92.9 Å². The monoisotopic (exact) mass is 645 g/mol. The Morgan fingerprint density at radius 2 is 0.889 bits per heavy atom. The molecule has 0 aliphatic heterocycles. The summed E-state index contributed by atoms with van der Waals surface area (Å²) in [5.41, 5.74) is -3.02. The average Bonchev–Trinajstić information content (AvgIpc) is 2.76. The highest BCUT2D eigenvalue weighted by Crippen LogP contribution is 2.16. The van der Waals surface area contributed by atoms with Gasteiger partial charge in [-0.25, -0.2) is 0 Å². The van der Waals surface area contributed by atoms with E-state index in [9.17, 15) is 29.1 Å². The van der Waals surface area contributed by atoms with Gasteiger partial charge in [0.2, 0.25) is 0 Å². The van der Waals surface area contributed by atoms with Crippen molar-refractivity contribution in [2.45, 2.75) is 125 Å². The quantitative estimate of drug-likeness (QED) is 0.182. The summed E-state index contributed by atoms with van der Waals surface area (Å²) in [7, 11) is 0. The van der Waals surface area contributed by atoms with Crippen molar-refractivity contribution >= 4 is 29.8 Å². The van der Waals surface area contributed by atoms with Gasteiger partial charge in [0.15, 0.2) is 0 Å². The van der Waals surface area contributed by atoms with E-state index < -0.39 is 64.7 Å². The lowest BCUT2D eigenvalue weighted by Crippen LogP contribution is -2.51. The molecule has 0 aliphatic carbocycles. The number of aliphatic carboxylic acids is 1. The molecule has 0 fully saturated rings. The Balaban J connectivity index is 6.25. The number of carboxylic acid groups (broad SMARTS) is 1. The second kappa shape index (κ2) is 17.8. The summed E-state index contributed by atoms with van der Waals surface area (Å²) >= 11 is 0. The molecule has 0 aliphatic rings. The molecule has 1 atom stereocenters. The van der Waals surface area contributed by atoms with Crippen LogP contribution in [0.4, 0.5) is 0 Å². The van der Waals surface area contributed by atoms with Gasteiger partial charge >= 0.3 is 29.8 Å². The van der Waals surface area contributed by atoms with Gasteiger partial charge < -0.3 is 24.1 Å². The summed E-state index contributed by atoms with van der Waals surface area (Å²) in [5, 5.41) is 9.72. The molecule has 0 radical (unpaired) electrons. The first-order valence-corrected chi connectivity index (χ1v) is 15.5. The summed E-state index contributed by atoms with van der Waals surface area (Å²) in [5.74, 6) is -3.43. The van der Waals surface area contributed by atoms with E-state index in [0.717, 1.165) is 0 Å². The largest absolute Gasteiger partial charge is 0.481 e. The molecule has 0 aromatic heterocycles. The van der Waals surface area contributed by atoms with Crippen LogP contribution in [0.2, 0.25) is 0 Å². The highest BCUT2D eigenvalue weighted by molar-refractivity contribution is 5.82. The first-order valence-electron chi connectivity index (χ1n) is 15.5. The molecule has 0 heterocycles. The molecular formula is C32H59N3O10. The highest BCUT2D eigenvalue weighted by Gasteiger charge is 2.34. The fraction of sp³-hybridized carbons (Fsp3) is 0.844. The summed E-state index contributed by atoms with van der Waals surface area (Å²) in [6.45, 7) is 23.4. The molecule has 0 aromatic carbocycles. The molecule has 0 spiro atoms. The van der Waals surface area contributed by atoms with Gasteiger partial charge in [0.1, 0.15) is 28.4 Å². The zero-order valence-corrected chi connectivity index (χ0v) is 29.9. The molecule has 0 aromatic rings. The highest BCUT2D eigenvalue weighted by atomic mass is 16.6. The Labute approximate surface area is 269 Å². The van der Waals surface area contributed by atoms with E-state index >= 15 is 0 Å². The molecule has 0 amide bonds. The van der Waals surface area contributed by atoms with Crippen LogP contribution in [0.15, 0.2) is 0 Å². The number of carbonyl (C=O) groups excluding carboxylic acids is 4. The third-order valence-electron chi connectivity index (χ3n) is 5.66. The number of esters is 4. The molecule has 1 N–H and O–H groups in total. The van der Waals surface area contributed by atoms with E-state index in [2.05, 4.69) is 0 Å². The predicted molar refractivity (Wildman–Crippen MR) is 170 cm³/mol. The first kappa shape index (κ1) is 42.2. The third-order valence-corrected chi connectivity index (χ3v) is 5.66. The molecular weight excluding hydrogens is 586 g/mol. The van der Waals surface area contributed by atoms with Crippen molar-refractivity contribution < 1.29 is 48.0 Å². The van der Waals surface area contributed by atoms with Crippen molar-refractivity contribution in [1.82, 2.24) is 14.7 Å². The number of carbonyl (C=O) groups is 5. The van der Waals surface area contributed by atoms with Crippen molar-refractivity contribution in [2.75, 3.05) is 52.4 Å². The van der Waals surface area contributed by atoms with Crippen LogP contribution in [0.5, 0.6) is 0 Å². The number of hydrogen-bond donors (Lipinski definition) is 1. The third kappa shape index (κ3) is 22.4. The van der Waals surface area contributed by atoms with Gasteiger partial charge in [0.05, 0.1) is 26.1 Å². The van der Waals surface area contributed by atoms with Crippen molar-refractivity contribution in [2.24, 2.45) is 0 Å². The lowest BCUT2D eigenvalue weighted by Gasteiger charge is -2.35. The molecule has 0 saturated carbocycles. The summed E-state index contributed by atoms with van der Waals surface area (Å²) in [6, 6.07) is -1.17. The minimum absolute atomic E-state index is 0.00105. The summed E-state index contributed by atoms with van der Waals surface area (Å²) < 4.78 is 22.0. The first-order chi connectivity index (χ1) is 20.2. The molecule has 262 valence electrons. The molecule has 0 saturated heterocycles. The molecule has 1 unspecified atom stereocenters. The number of ether oxygens (including phenoxy) is 4. The maximum absolute atomic E-state index is 13.3. The van der Waals surface area contributed by atoms with Crippen LogP contribution < -0.4 is 0 Å². The Morgan fingerprint density at radius 3 is 1.20 bits per heavy atom. The van der Waals surface area contributed by atoms with Crippen molar-refractivity contribution in [3.05, 3.63) is 0 Å². The van der Waals surface area contributed by atoms with E-state index in [1.807, 2.05) is 11.8 Å². The number of rotatable bonds is 17. The molecule has 0 bridgehead atoms. The molecule has 13 nitrogen and oxygen atoms in total. The van der Waals surface area contributed by atoms with E-state index in [4.69, 9.17) is 18.9 Å². The SMILES string of the molecule is CCN(CCN(CCN(CC(=O)OC(C)(C)C)CC(=O)OC(C)(C)C)C(CC(=O)O)C(=O)OC(C)(C)C)CC(=O)OC(C)(C)C. The standard InChI is InChI=1S/C32H59N3O10/c1-14-33(20-25(38)42-29(2,3)4)15-17-35(23(19-24(36)37)28(41)45-32(11,12)13)18-16-34(21-26(39)43-30(5,6)7)22-27(40)44-31(8,9)10/h23H,14-22H2,1-13H3,(H,36,37). The van der Waals surface area contributed by atoms with Crippen LogP contribution in [0, 0.1) is 0 Å². The van der Waals surface area contributed by atoms with Gasteiger partial charge in [-0.2, -0.15) is 0 Å². The van der Waals surface area contributed by atoms with Crippen LogP contribution >= 0.6 is 0 Å². The van der Waals surface area contributed by atoms with Crippen molar-refractivity contribution in [3.8, 4) is 0 Å². The summed E-state index contributed by atoms with van der Waals surface area (Å²) in [6.07, 6.45) is -0.536. The molecule has 45 heavy (non-hydrogen) atoms. The van der Waals surface area contributed by atoms with Gasteiger partial charge in [-0.05, 0) is 89.6 Å². The Bertz CT molecular complexity index is 957. The minimum atomic E-state index is -1.20. The Morgan fingerprint density at radius 1 is 0.556 bits per heavy atom. The van der Waals surface area contributed by atoms with Crippen LogP contribution in [-0.4, -0.2) is 130 Å². The lowest BCUT2D eigenvalue weighted by atomic mass is 10.1. The van der Waals surface area contributed by atoms with Crippen LogP contribution in [-0.2, 0) is 42.9 Å². The fourth-order valence-corrected chi connectivity index (χ4v) is 4.09. The zero-order valence-electron chi connectivity index (χ0n) is 29.9. The number of likely N-dealkylation sites (N-methyl/N-ethyl adjacent to an activating group) is 1. The second-order valence-corrected chi connectivity index (χ2v) is 15.0. The minimum Gasteiger partial charge on any atom is -0.481 e. The van der Waals surface area contributed by atoms with Crippen molar-refractivity contribution in [3.63, 3.8) is 0 Å². The second-order valence-electron chi connectivity index (χ2n) is 15.0. The number of hydrogen-bond acceptors (Lipinski definition) is 12. The van der Waals surface area contributed by atoms with Crippen LogP contribution in [0.25, 0.3) is 0 Å². The van der Waals surface area contributed by atoms with Gasteiger partial charge in [-0.1, -0.05) is 6.92 Å². The average molecular weight is 646 g/mol. The van der Waals surface area contributed by atoms with Gasteiger partial charge in [0.25, 0.3) is 0 Å². The fourth-order valence-electron chi connectivity index (χ4n) is 4.09.